The summed E-state index contributed by atoms with van der Waals surface area (Å²) in [7, 11) is 0. The molecule has 1 amide bonds. The van der Waals surface area contributed by atoms with Crippen molar-refractivity contribution in [3.8, 4) is 0 Å². The molecule has 0 aliphatic heterocycles. The summed E-state index contributed by atoms with van der Waals surface area (Å²) in [5.41, 5.74) is 1.77. The second-order valence-corrected chi connectivity index (χ2v) is 5.23. The Balaban J connectivity index is 2.53. The van der Waals surface area contributed by atoms with E-state index in [4.69, 9.17) is 0 Å². The Morgan fingerprint density at radius 1 is 1.16 bits per heavy atom. The Morgan fingerprint density at radius 3 is 2.32 bits per heavy atom. The lowest BCUT2D eigenvalue weighted by Gasteiger charge is -2.17. The van der Waals surface area contributed by atoms with Crippen molar-refractivity contribution in [1.82, 2.24) is 5.32 Å². The fraction of sp³-hybridized carbons (Fsp3) is 0.562. The van der Waals surface area contributed by atoms with E-state index < -0.39 is 0 Å². The molecule has 1 aromatic rings. The second-order valence-electron chi connectivity index (χ2n) is 5.23. The first-order valence-corrected chi connectivity index (χ1v) is 7.21. The summed E-state index contributed by atoms with van der Waals surface area (Å²) in [4.78, 5) is 12.1. The predicted molar refractivity (Wildman–Crippen MR) is 81.6 cm³/mol. The molecule has 0 radical (unpaired) electrons. The van der Waals surface area contributed by atoms with E-state index in [0.717, 1.165) is 30.6 Å². The Labute approximate surface area is 116 Å². The lowest BCUT2D eigenvalue weighted by atomic mass is 10.00. The van der Waals surface area contributed by atoms with Gasteiger partial charge < -0.3 is 10.6 Å². The van der Waals surface area contributed by atoms with Crippen molar-refractivity contribution in [3.05, 3.63) is 29.8 Å². The highest BCUT2D eigenvalue weighted by molar-refractivity contribution is 5.94. The Morgan fingerprint density at radius 2 is 1.79 bits per heavy atom. The van der Waals surface area contributed by atoms with Gasteiger partial charge in [-0.2, -0.15) is 0 Å². The molecule has 0 aromatic heterocycles. The summed E-state index contributed by atoms with van der Waals surface area (Å²) in [5.74, 6) is 0.658. The molecular formula is C16H26N2O. The van der Waals surface area contributed by atoms with Gasteiger partial charge in [-0.3, -0.25) is 4.79 Å². The summed E-state index contributed by atoms with van der Waals surface area (Å²) < 4.78 is 0. The van der Waals surface area contributed by atoms with Crippen LogP contribution in [0.25, 0.3) is 0 Å². The third-order valence-electron chi connectivity index (χ3n) is 3.36. The number of amides is 1. The number of benzene rings is 1. The van der Waals surface area contributed by atoms with Crippen LogP contribution in [0.2, 0.25) is 0 Å². The highest BCUT2D eigenvalue weighted by Gasteiger charge is 2.11. The van der Waals surface area contributed by atoms with E-state index in [1.54, 1.807) is 0 Å². The number of hydrogen-bond donors (Lipinski definition) is 2. The Bertz CT molecular complexity index is 386. The monoisotopic (exact) mass is 262 g/mol. The molecule has 0 spiro atoms. The molecule has 0 bridgehead atoms. The standard InChI is InChI=1S/C16H26N2O/c1-5-12(3)11-13(4)18-16(19)14-7-9-15(10-8-14)17-6-2/h7-10,12-13,17H,5-6,11H2,1-4H3,(H,18,19). The Hall–Kier alpha value is -1.51. The molecule has 0 aliphatic rings. The van der Waals surface area contributed by atoms with Gasteiger partial charge in [-0.05, 0) is 50.5 Å². The largest absolute Gasteiger partial charge is 0.385 e. The minimum atomic E-state index is 0.0128. The molecular weight excluding hydrogens is 236 g/mol. The van der Waals surface area contributed by atoms with E-state index >= 15 is 0 Å². The van der Waals surface area contributed by atoms with Crippen molar-refractivity contribution in [2.45, 2.75) is 46.6 Å². The second kappa shape index (κ2) is 7.82. The number of carbonyl (C=O) groups is 1. The molecule has 0 fully saturated rings. The third-order valence-corrected chi connectivity index (χ3v) is 3.36. The smallest absolute Gasteiger partial charge is 0.251 e. The molecule has 106 valence electrons. The summed E-state index contributed by atoms with van der Waals surface area (Å²) in [6, 6.07) is 7.83. The molecule has 3 nitrogen and oxygen atoms in total. The van der Waals surface area contributed by atoms with Crippen LogP contribution in [0.5, 0.6) is 0 Å². The van der Waals surface area contributed by atoms with Gasteiger partial charge in [-0.15, -0.1) is 0 Å². The summed E-state index contributed by atoms with van der Waals surface area (Å²) in [6.45, 7) is 9.40. The fourth-order valence-corrected chi connectivity index (χ4v) is 2.08. The van der Waals surface area contributed by atoms with Crippen LogP contribution >= 0.6 is 0 Å². The molecule has 0 saturated carbocycles. The number of carbonyl (C=O) groups excluding carboxylic acids is 1. The number of anilines is 1. The zero-order valence-corrected chi connectivity index (χ0v) is 12.5. The number of hydrogen-bond acceptors (Lipinski definition) is 2. The topological polar surface area (TPSA) is 41.1 Å². The highest BCUT2D eigenvalue weighted by atomic mass is 16.1. The van der Waals surface area contributed by atoms with Crippen LogP contribution in [0, 0.1) is 5.92 Å². The molecule has 3 heteroatoms. The van der Waals surface area contributed by atoms with Gasteiger partial charge in [0.2, 0.25) is 0 Å². The van der Waals surface area contributed by atoms with Crippen LogP contribution < -0.4 is 10.6 Å². The minimum Gasteiger partial charge on any atom is -0.385 e. The maximum atomic E-state index is 12.1. The van der Waals surface area contributed by atoms with E-state index in [0.29, 0.717) is 5.92 Å². The number of nitrogens with one attached hydrogen (secondary N) is 2. The van der Waals surface area contributed by atoms with Crippen LogP contribution in [-0.2, 0) is 0 Å². The molecule has 0 heterocycles. The first-order valence-electron chi connectivity index (χ1n) is 7.21. The van der Waals surface area contributed by atoms with E-state index in [1.807, 2.05) is 24.3 Å². The van der Waals surface area contributed by atoms with Gasteiger partial charge in [0, 0.05) is 23.8 Å². The van der Waals surface area contributed by atoms with E-state index in [1.165, 1.54) is 0 Å². The lowest BCUT2D eigenvalue weighted by molar-refractivity contribution is 0.0935. The fourth-order valence-electron chi connectivity index (χ4n) is 2.08. The van der Waals surface area contributed by atoms with Crippen LogP contribution in [-0.4, -0.2) is 18.5 Å². The van der Waals surface area contributed by atoms with Crippen molar-refractivity contribution < 1.29 is 4.79 Å². The maximum Gasteiger partial charge on any atom is 0.251 e. The molecule has 2 atom stereocenters. The van der Waals surface area contributed by atoms with Crippen LogP contribution in [0.1, 0.15) is 50.9 Å². The molecule has 1 aromatic carbocycles. The van der Waals surface area contributed by atoms with Crippen molar-refractivity contribution in [2.75, 3.05) is 11.9 Å². The van der Waals surface area contributed by atoms with Gasteiger partial charge in [-0.25, -0.2) is 0 Å². The van der Waals surface area contributed by atoms with Crippen molar-refractivity contribution in [1.29, 1.82) is 0 Å². The minimum absolute atomic E-state index is 0.0128. The Kier molecular flexibility index (Phi) is 6.40. The van der Waals surface area contributed by atoms with Gasteiger partial charge >= 0.3 is 0 Å². The zero-order chi connectivity index (χ0) is 14.3. The van der Waals surface area contributed by atoms with Gasteiger partial charge in [0.1, 0.15) is 0 Å². The van der Waals surface area contributed by atoms with Crippen molar-refractivity contribution in [2.24, 2.45) is 5.92 Å². The summed E-state index contributed by atoms with van der Waals surface area (Å²) >= 11 is 0. The summed E-state index contributed by atoms with van der Waals surface area (Å²) in [5, 5.41) is 6.27. The van der Waals surface area contributed by atoms with Gasteiger partial charge in [0.05, 0.1) is 0 Å². The van der Waals surface area contributed by atoms with Gasteiger partial charge in [0.25, 0.3) is 5.91 Å². The molecule has 2 unspecified atom stereocenters. The lowest BCUT2D eigenvalue weighted by Crippen LogP contribution is -2.33. The van der Waals surface area contributed by atoms with Crippen molar-refractivity contribution in [3.63, 3.8) is 0 Å². The molecule has 19 heavy (non-hydrogen) atoms. The van der Waals surface area contributed by atoms with E-state index in [9.17, 15) is 4.79 Å². The SMILES string of the molecule is CCNc1ccc(C(=O)NC(C)CC(C)CC)cc1. The molecule has 0 aliphatic carbocycles. The van der Waals surface area contributed by atoms with E-state index in [2.05, 4.69) is 38.3 Å². The molecule has 0 saturated heterocycles. The first-order chi connectivity index (χ1) is 9.06. The van der Waals surface area contributed by atoms with Gasteiger partial charge in [-0.1, -0.05) is 20.3 Å². The zero-order valence-electron chi connectivity index (χ0n) is 12.5. The summed E-state index contributed by atoms with van der Waals surface area (Å²) in [6.07, 6.45) is 2.18. The molecule has 2 N–H and O–H groups in total. The predicted octanol–water partition coefficient (Wildman–Crippen LogP) is 3.67. The average Bonchev–Trinajstić information content (AvgIpc) is 2.39. The molecule has 1 rings (SSSR count). The average molecular weight is 262 g/mol. The highest BCUT2D eigenvalue weighted by Crippen LogP contribution is 2.12. The first kappa shape index (κ1) is 15.5. The quantitative estimate of drug-likeness (QED) is 0.787. The van der Waals surface area contributed by atoms with Crippen LogP contribution in [0.4, 0.5) is 5.69 Å². The van der Waals surface area contributed by atoms with E-state index in [-0.39, 0.29) is 11.9 Å². The maximum absolute atomic E-state index is 12.1. The normalized spacial score (nSPS) is 13.7. The van der Waals surface area contributed by atoms with Crippen LogP contribution in [0.3, 0.4) is 0 Å². The van der Waals surface area contributed by atoms with Crippen LogP contribution in [0.15, 0.2) is 24.3 Å². The van der Waals surface area contributed by atoms with Crippen molar-refractivity contribution >= 4 is 11.6 Å². The number of rotatable bonds is 7. The third kappa shape index (κ3) is 5.33. The van der Waals surface area contributed by atoms with Gasteiger partial charge in [0.15, 0.2) is 0 Å².